The van der Waals surface area contributed by atoms with E-state index < -0.39 is 0 Å². The molecule has 0 bridgehead atoms. The second kappa shape index (κ2) is 7.28. The maximum atomic E-state index is 5.30. The van der Waals surface area contributed by atoms with Gasteiger partial charge in [-0.05, 0) is 38.0 Å². The highest BCUT2D eigenvalue weighted by Gasteiger charge is 2.07. The Hall–Kier alpha value is -1.09. The molecular formula is C14H22N2S. The summed E-state index contributed by atoms with van der Waals surface area (Å²) in [6.07, 6.45) is 2.31. The van der Waals surface area contributed by atoms with Crippen LogP contribution in [0.1, 0.15) is 45.2 Å². The Labute approximate surface area is 110 Å². The van der Waals surface area contributed by atoms with E-state index in [2.05, 4.69) is 43.5 Å². The van der Waals surface area contributed by atoms with Crippen LogP contribution < -0.4 is 10.6 Å². The fourth-order valence-corrected chi connectivity index (χ4v) is 2.17. The molecule has 17 heavy (non-hydrogen) atoms. The Balaban J connectivity index is 2.41. The van der Waals surface area contributed by atoms with Gasteiger partial charge in [-0.3, -0.25) is 0 Å². The van der Waals surface area contributed by atoms with Crippen molar-refractivity contribution in [1.29, 1.82) is 0 Å². The van der Waals surface area contributed by atoms with Crippen LogP contribution in [0.3, 0.4) is 0 Å². The van der Waals surface area contributed by atoms with E-state index >= 15 is 0 Å². The fourth-order valence-electron chi connectivity index (χ4n) is 1.79. The van der Waals surface area contributed by atoms with Crippen molar-refractivity contribution in [3.8, 4) is 0 Å². The van der Waals surface area contributed by atoms with Crippen molar-refractivity contribution in [2.75, 3.05) is 0 Å². The highest BCUT2D eigenvalue weighted by molar-refractivity contribution is 7.80. The van der Waals surface area contributed by atoms with E-state index in [0.717, 1.165) is 11.5 Å². The van der Waals surface area contributed by atoms with Gasteiger partial charge in [-0.2, -0.15) is 0 Å². The molecule has 2 atom stereocenters. The molecule has 0 aliphatic carbocycles. The third kappa shape index (κ3) is 5.18. The standard InChI is InChI=1S/C14H22N2S/c1-4-8-11(2)15-14(17)16-12(3)13-9-6-5-7-10-13/h5-7,9-12H,4,8H2,1-3H3,(H2,15,16,17). The first-order valence-corrected chi connectivity index (χ1v) is 6.66. The van der Waals surface area contributed by atoms with E-state index in [1.54, 1.807) is 0 Å². The van der Waals surface area contributed by atoms with Crippen molar-refractivity contribution in [2.24, 2.45) is 0 Å². The number of hydrogen-bond acceptors (Lipinski definition) is 1. The summed E-state index contributed by atoms with van der Waals surface area (Å²) < 4.78 is 0. The highest BCUT2D eigenvalue weighted by atomic mass is 32.1. The van der Waals surface area contributed by atoms with E-state index in [1.165, 1.54) is 12.0 Å². The smallest absolute Gasteiger partial charge is 0.166 e. The molecule has 0 spiro atoms. The van der Waals surface area contributed by atoms with Crippen molar-refractivity contribution in [3.63, 3.8) is 0 Å². The lowest BCUT2D eigenvalue weighted by Crippen LogP contribution is -2.41. The SMILES string of the molecule is CCCC(C)NC(=S)NC(C)c1ccccc1. The minimum Gasteiger partial charge on any atom is -0.360 e. The zero-order valence-corrected chi connectivity index (χ0v) is 11.7. The minimum atomic E-state index is 0.241. The minimum absolute atomic E-state index is 0.241. The van der Waals surface area contributed by atoms with Crippen molar-refractivity contribution < 1.29 is 0 Å². The van der Waals surface area contributed by atoms with Crippen LogP contribution in [0.15, 0.2) is 30.3 Å². The summed E-state index contributed by atoms with van der Waals surface area (Å²) in [5.41, 5.74) is 1.25. The largest absolute Gasteiger partial charge is 0.360 e. The molecule has 1 rings (SSSR count). The molecule has 1 aromatic rings. The summed E-state index contributed by atoms with van der Waals surface area (Å²) in [4.78, 5) is 0. The molecule has 0 saturated carbocycles. The van der Waals surface area contributed by atoms with Gasteiger partial charge in [0.15, 0.2) is 5.11 Å². The number of nitrogens with one attached hydrogen (secondary N) is 2. The number of thiocarbonyl (C=S) groups is 1. The van der Waals surface area contributed by atoms with E-state index in [0.29, 0.717) is 6.04 Å². The van der Waals surface area contributed by atoms with Gasteiger partial charge in [0.1, 0.15) is 0 Å². The molecule has 0 saturated heterocycles. The van der Waals surface area contributed by atoms with Gasteiger partial charge in [0.05, 0.1) is 6.04 Å². The summed E-state index contributed by atoms with van der Waals surface area (Å²) in [5, 5.41) is 7.35. The van der Waals surface area contributed by atoms with Crippen LogP contribution in [0.2, 0.25) is 0 Å². The Kier molecular flexibility index (Phi) is 5.98. The average molecular weight is 250 g/mol. The van der Waals surface area contributed by atoms with E-state index in [9.17, 15) is 0 Å². The maximum absolute atomic E-state index is 5.30. The Bertz CT molecular complexity index is 337. The van der Waals surface area contributed by atoms with Gasteiger partial charge in [-0.25, -0.2) is 0 Å². The van der Waals surface area contributed by atoms with Gasteiger partial charge in [0.2, 0.25) is 0 Å². The number of hydrogen-bond donors (Lipinski definition) is 2. The van der Waals surface area contributed by atoms with Gasteiger partial charge in [-0.15, -0.1) is 0 Å². The topological polar surface area (TPSA) is 24.1 Å². The van der Waals surface area contributed by atoms with Gasteiger partial charge in [-0.1, -0.05) is 43.7 Å². The monoisotopic (exact) mass is 250 g/mol. The Morgan fingerprint density at radius 3 is 2.41 bits per heavy atom. The molecule has 0 heterocycles. The van der Waals surface area contributed by atoms with Crippen molar-refractivity contribution in [2.45, 2.75) is 45.7 Å². The quantitative estimate of drug-likeness (QED) is 0.783. The molecule has 2 unspecified atom stereocenters. The fraction of sp³-hybridized carbons (Fsp3) is 0.500. The van der Waals surface area contributed by atoms with Crippen LogP contribution >= 0.6 is 12.2 Å². The molecule has 3 heteroatoms. The number of benzene rings is 1. The number of rotatable bonds is 5. The lowest BCUT2D eigenvalue weighted by Gasteiger charge is -2.20. The summed E-state index contributed by atoms with van der Waals surface area (Å²) in [6.45, 7) is 6.46. The van der Waals surface area contributed by atoms with Crippen LogP contribution in [0, 0.1) is 0 Å². The molecule has 0 amide bonds. The van der Waals surface area contributed by atoms with Crippen LogP contribution in [-0.2, 0) is 0 Å². The van der Waals surface area contributed by atoms with Crippen LogP contribution in [-0.4, -0.2) is 11.2 Å². The first kappa shape index (κ1) is 14.0. The summed E-state index contributed by atoms with van der Waals surface area (Å²) in [6, 6.07) is 11.0. The first-order chi connectivity index (χ1) is 8.13. The summed E-state index contributed by atoms with van der Waals surface area (Å²) in [7, 11) is 0. The first-order valence-electron chi connectivity index (χ1n) is 6.25. The predicted octanol–water partition coefficient (Wildman–Crippen LogP) is 3.40. The van der Waals surface area contributed by atoms with E-state index in [-0.39, 0.29) is 6.04 Å². The molecule has 0 aromatic heterocycles. The van der Waals surface area contributed by atoms with Crippen molar-refractivity contribution in [3.05, 3.63) is 35.9 Å². The Morgan fingerprint density at radius 1 is 1.18 bits per heavy atom. The molecule has 2 N–H and O–H groups in total. The molecule has 1 aromatic carbocycles. The van der Waals surface area contributed by atoms with Crippen molar-refractivity contribution >= 4 is 17.3 Å². The third-order valence-electron chi connectivity index (χ3n) is 2.75. The average Bonchev–Trinajstić information content (AvgIpc) is 2.30. The molecule has 94 valence electrons. The van der Waals surface area contributed by atoms with E-state index in [4.69, 9.17) is 12.2 Å². The van der Waals surface area contributed by atoms with Gasteiger partial charge < -0.3 is 10.6 Å². The molecule has 0 aliphatic rings. The summed E-state index contributed by atoms with van der Waals surface area (Å²) in [5.74, 6) is 0. The molecule has 0 fully saturated rings. The predicted molar refractivity (Wildman–Crippen MR) is 78.1 cm³/mol. The molecular weight excluding hydrogens is 228 g/mol. The molecule has 2 nitrogen and oxygen atoms in total. The molecule has 0 aliphatic heterocycles. The zero-order chi connectivity index (χ0) is 12.7. The van der Waals surface area contributed by atoms with Gasteiger partial charge in [0.25, 0.3) is 0 Å². The zero-order valence-electron chi connectivity index (χ0n) is 10.9. The van der Waals surface area contributed by atoms with Crippen LogP contribution in [0.4, 0.5) is 0 Å². The lowest BCUT2D eigenvalue weighted by atomic mass is 10.1. The van der Waals surface area contributed by atoms with Crippen LogP contribution in [0.5, 0.6) is 0 Å². The van der Waals surface area contributed by atoms with Gasteiger partial charge in [0, 0.05) is 6.04 Å². The third-order valence-corrected chi connectivity index (χ3v) is 2.98. The maximum Gasteiger partial charge on any atom is 0.166 e. The molecule has 0 radical (unpaired) electrons. The van der Waals surface area contributed by atoms with Gasteiger partial charge >= 0.3 is 0 Å². The second-order valence-corrected chi connectivity index (χ2v) is 4.85. The normalized spacial score (nSPS) is 13.8. The Morgan fingerprint density at radius 2 is 1.82 bits per heavy atom. The van der Waals surface area contributed by atoms with Crippen molar-refractivity contribution in [1.82, 2.24) is 10.6 Å². The highest BCUT2D eigenvalue weighted by Crippen LogP contribution is 2.10. The van der Waals surface area contributed by atoms with Crippen LogP contribution in [0.25, 0.3) is 0 Å². The lowest BCUT2D eigenvalue weighted by molar-refractivity contribution is 0.581. The second-order valence-electron chi connectivity index (χ2n) is 4.44. The van der Waals surface area contributed by atoms with E-state index in [1.807, 2.05) is 18.2 Å². The summed E-state index contributed by atoms with van der Waals surface area (Å²) >= 11 is 5.30.